The van der Waals surface area contributed by atoms with Crippen molar-refractivity contribution in [2.45, 2.75) is 94.3 Å². The summed E-state index contributed by atoms with van der Waals surface area (Å²) in [6, 6.07) is 10.6. The van der Waals surface area contributed by atoms with Crippen LogP contribution in [0.5, 0.6) is 0 Å². The zero-order chi connectivity index (χ0) is 60.7. The summed E-state index contributed by atoms with van der Waals surface area (Å²) in [5, 5.41) is 0. The standard InChI is InChI=1S/C14H20N4O.C13H18N4O.C12H16N4O.C12H17N3O.C11H14N4O2/c1-17-13(19)2-4-14(17)5-8-18(9-6-14)12-3-7-16-10-11(12)15;14-11-8-15-5-4-12(11)16-6-7-17-10(9-16)2-1-3-13(17)18;13-10-6-14-4-3-11(10)15-7-9-2-1-5-16(9)12(17)8-15;13-10-7-14-4-1-11(10)15-5-2-12(3-6-15)8-16-9-12;12-9-5-13-2-1-10(9)14-3-4-15-8(6-14)7-17-11(15)16/h3,7,10H,2,4-6,8-9,15H2,1H3;4-5,8,10H,1-3,6-7,9,14H2;3-4,6,9H,1-2,5,7-8,13H2;1,4,7H,2-3,5-6,8-9,13H2;1-2,5,8H,3-4,6-7,12H2. The number of ether oxygens (including phenoxy) is 2. The lowest BCUT2D eigenvalue weighted by Crippen LogP contribution is -2.57. The molecule has 10 aliphatic rings. The first kappa shape index (κ1) is 60.1. The highest BCUT2D eigenvalue weighted by molar-refractivity contribution is 5.85. The monoisotopic (exact) mass is 1190 g/mol. The van der Waals surface area contributed by atoms with Crippen molar-refractivity contribution < 1.29 is 28.7 Å². The number of hydrogen-bond acceptors (Lipinski definition) is 21. The van der Waals surface area contributed by atoms with Crippen molar-refractivity contribution in [1.29, 1.82) is 0 Å². The first-order valence-corrected chi connectivity index (χ1v) is 30.8. The third-order valence-electron chi connectivity index (χ3n) is 19.4. The molecule has 87 heavy (non-hydrogen) atoms. The van der Waals surface area contributed by atoms with Gasteiger partial charge in [0.05, 0.1) is 114 Å². The third-order valence-corrected chi connectivity index (χ3v) is 19.4. The molecule has 3 unspecified atom stereocenters. The molecule has 5 aromatic heterocycles. The maximum absolute atomic E-state index is 12.0. The number of amides is 4. The molecule has 0 saturated carbocycles. The zero-order valence-corrected chi connectivity index (χ0v) is 50.1. The number of nitrogens with zero attached hydrogens (tertiary/aromatic N) is 14. The Balaban J connectivity index is 0.000000113. The Morgan fingerprint density at radius 1 is 0.448 bits per heavy atom. The van der Waals surface area contributed by atoms with E-state index in [4.69, 9.17) is 38.1 Å². The van der Waals surface area contributed by atoms with Crippen LogP contribution in [0.4, 0.5) is 61.7 Å². The molecule has 25 nitrogen and oxygen atoms in total. The first-order chi connectivity index (χ1) is 42.2. The van der Waals surface area contributed by atoms with Crippen molar-refractivity contribution in [3.63, 3.8) is 0 Å². The molecule has 10 aliphatic heterocycles. The SMILES string of the molecule is CN1C(=O)CCC12CCN(c1ccncc1N)CC2.Nc1cnccc1N1CC(=O)N2CCCC2C1.Nc1cnccc1N1CCC2(CC1)COC2.Nc1cnccc1N1CCN2C(=O)CCCC2C1.Nc1cnccc1N1CCN2C(=O)OCC2C1. The van der Waals surface area contributed by atoms with Gasteiger partial charge in [-0.05, 0) is 88.1 Å². The number of nitrogen functional groups attached to an aromatic ring is 5. The van der Waals surface area contributed by atoms with E-state index in [1.165, 1.54) is 12.8 Å². The Hall–Kier alpha value is -8.61. The van der Waals surface area contributed by atoms with E-state index < -0.39 is 0 Å². The Kier molecular flexibility index (Phi) is 18.3. The second-order valence-corrected chi connectivity index (χ2v) is 24.5. The van der Waals surface area contributed by atoms with E-state index in [1.54, 1.807) is 60.7 Å². The Bertz CT molecular complexity index is 3210. The average molecular weight is 1190 g/mol. The Morgan fingerprint density at radius 2 is 0.885 bits per heavy atom. The minimum absolute atomic E-state index is 0.0926. The van der Waals surface area contributed by atoms with E-state index >= 15 is 0 Å². The lowest BCUT2D eigenvalue weighted by atomic mass is 9.77. The summed E-state index contributed by atoms with van der Waals surface area (Å²) in [7, 11) is 1.95. The summed E-state index contributed by atoms with van der Waals surface area (Å²) in [6.07, 6.45) is 28.3. The molecule has 2 spiro atoms. The van der Waals surface area contributed by atoms with E-state index in [0.29, 0.717) is 73.0 Å². The number of aromatic nitrogens is 5. The summed E-state index contributed by atoms with van der Waals surface area (Å²) < 4.78 is 10.4. The number of rotatable bonds is 5. The molecular formula is C62H85N19O6. The molecule has 10 saturated heterocycles. The lowest BCUT2D eigenvalue weighted by molar-refractivity contribution is -0.137. The number of carbonyl (C=O) groups excluding carboxylic acids is 4. The molecule has 3 atom stereocenters. The minimum atomic E-state index is -0.197. The van der Waals surface area contributed by atoms with Crippen LogP contribution in [0.1, 0.15) is 70.6 Å². The van der Waals surface area contributed by atoms with Crippen LogP contribution in [0.2, 0.25) is 0 Å². The van der Waals surface area contributed by atoms with Crippen molar-refractivity contribution >= 4 is 80.7 Å². The first-order valence-electron chi connectivity index (χ1n) is 30.8. The van der Waals surface area contributed by atoms with Crippen molar-refractivity contribution in [2.24, 2.45) is 5.41 Å². The van der Waals surface area contributed by atoms with Crippen molar-refractivity contribution in [3.8, 4) is 0 Å². The lowest BCUT2D eigenvalue weighted by Gasteiger charge is -2.47. The molecule has 10 N–H and O–H groups in total. The van der Waals surface area contributed by atoms with Gasteiger partial charge in [0, 0.05) is 152 Å². The highest BCUT2D eigenvalue weighted by Gasteiger charge is 2.46. The largest absolute Gasteiger partial charge is 0.447 e. The van der Waals surface area contributed by atoms with Crippen LogP contribution in [-0.4, -0.2) is 204 Å². The zero-order valence-electron chi connectivity index (χ0n) is 50.1. The van der Waals surface area contributed by atoms with Gasteiger partial charge in [-0.3, -0.25) is 44.2 Å². The van der Waals surface area contributed by atoms with Crippen LogP contribution in [0.25, 0.3) is 0 Å². The molecule has 15 heterocycles. The fraction of sp³-hybridized carbons (Fsp3) is 0.532. The maximum atomic E-state index is 12.0. The molecule has 0 aromatic carbocycles. The summed E-state index contributed by atoms with van der Waals surface area (Å²) >= 11 is 0. The summed E-state index contributed by atoms with van der Waals surface area (Å²) in [4.78, 5) is 85.9. The number of anilines is 10. The van der Waals surface area contributed by atoms with Crippen molar-refractivity contribution in [1.82, 2.24) is 44.5 Å². The van der Waals surface area contributed by atoms with E-state index in [-0.39, 0.29) is 29.5 Å². The number of pyridine rings is 5. The Morgan fingerprint density at radius 3 is 1.36 bits per heavy atom. The molecule has 4 amide bonds. The van der Waals surface area contributed by atoms with Gasteiger partial charge in [-0.25, -0.2) is 4.79 Å². The normalized spacial score (nSPS) is 23.4. The smallest absolute Gasteiger partial charge is 0.410 e. The number of cyclic esters (lactones) is 1. The number of likely N-dealkylation sites (tertiary alicyclic amines) is 1. The summed E-state index contributed by atoms with van der Waals surface area (Å²) in [5.41, 5.74) is 39.0. The quantitative estimate of drug-likeness (QED) is 0.165. The fourth-order valence-corrected chi connectivity index (χ4v) is 14.1. The predicted octanol–water partition coefficient (Wildman–Crippen LogP) is 4.18. The van der Waals surface area contributed by atoms with Gasteiger partial charge in [-0.2, -0.15) is 0 Å². The minimum Gasteiger partial charge on any atom is -0.447 e. The number of piperidine rings is 3. The molecule has 0 bridgehead atoms. The van der Waals surface area contributed by atoms with Crippen molar-refractivity contribution in [3.05, 3.63) is 92.3 Å². The van der Waals surface area contributed by atoms with Gasteiger partial charge in [-0.15, -0.1) is 0 Å². The predicted molar refractivity (Wildman–Crippen MR) is 337 cm³/mol. The molecule has 0 aliphatic carbocycles. The fourth-order valence-electron chi connectivity index (χ4n) is 14.1. The van der Waals surface area contributed by atoms with E-state index in [9.17, 15) is 19.2 Å². The van der Waals surface area contributed by atoms with Crippen LogP contribution in [0, 0.1) is 5.41 Å². The van der Waals surface area contributed by atoms with Crippen LogP contribution in [0.3, 0.4) is 0 Å². The number of nitrogens with two attached hydrogens (primary N) is 5. The van der Waals surface area contributed by atoms with Gasteiger partial charge in [0.1, 0.15) is 6.61 Å². The molecule has 15 rings (SSSR count). The number of carbonyl (C=O) groups is 4. The second-order valence-electron chi connectivity index (χ2n) is 24.5. The second kappa shape index (κ2) is 26.6. The van der Waals surface area contributed by atoms with Gasteiger partial charge >= 0.3 is 6.09 Å². The van der Waals surface area contributed by atoms with Gasteiger partial charge in [0.25, 0.3) is 0 Å². The highest BCUT2D eigenvalue weighted by atomic mass is 16.6. The molecule has 0 radical (unpaired) electrons. The maximum Gasteiger partial charge on any atom is 0.410 e. The van der Waals surface area contributed by atoms with E-state index in [0.717, 1.165) is 170 Å². The van der Waals surface area contributed by atoms with Crippen molar-refractivity contribution in [2.75, 3.05) is 165 Å². The van der Waals surface area contributed by atoms with Crippen LogP contribution in [-0.2, 0) is 23.9 Å². The Labute approximate surface area is 509 Å². The number of hydrogen-bond donors (Lipinski definition) is 5. The molecule has 5 aromatic rings. The van der Waals surface area contributed by atoms with E-state index in [1.807, 2.05) is 58.3 Å². The summed E-state index contributed by atoms with van der Waals surface area (Å²) in [5.74, 6) is 0.820. The highest BCUT2D eigenvalue weighted by Crippen LogP contribution is 2.42. The van der Waals surface area contributed by atoms with Crippen LogP contribution >= 0.6 is 0 Å². The molecule has 464 valence electrons. The van der Waals surface area contributed by atoms with Gasteiger partial charge in [-0.1, -0.05) is 0 Å². The van der Waals surface area contributed by atoms with Gasteiger partial charge in [0.15, 0.2) is 0 Å². The molecule has 25 heteroatoms. The van der Waals surface area contributed by atoms with Gasteiger partial charge < -0.3 is 77.3 Å². The van der Waals surface area contributed by atoms with E-state index in [2.05, 4.69) is 49.4 Å². The average Bonchev–Trinajstić information content (AvgIpc) is 3.14. The van der Waals surface area contributed by atoms with Crippen LogP contribution in [0.15, 0.2) is 92.3 Å². The molecule has 10 fully saturated rings. The summed E-state index contributed by atoms with van der Waals surface area (Å²) in [6.45, 7) is 13.5. The topological polar surface area (TPSA) is 310 Å². The van der Waals surface area contributed by atoms with Crippen LogP contribution < -0.4 is 53.2 Å². The number of fused-ring (bicyclic) bond motifs is 3. The molecular weight excluding hydrogens is 1110 g/mol. The number of piperazine rings is 3. The van der Waals surface area contributed by atoms with Gasteiger partial charge in [0.2, 0.25) is 17.7 Å². The third kappa shape index (κ3) is 13.4.